The number of hydrogen-bond acceptors (Lipinski definition) is 4. The fourth-order valence-corrected chi connectivity index (χ4v) is 1.99. The summed E-state index contributed by atoms with van der Waals surface area (Å²) in [4.78, 5) is 23.5. The molecule has 1 aromatic carbocycles. The number of benzene rings is 1. The first-order valence-corrected chi connectivity index (χ1v) is 5.75. The number of carbonyl (C=O) groups is 1. The number of rotatable bonds is 3. The average Bonchev–Trinajstić information content (AvgIpc) is 2.76. The van der Waals surface area contributed by atoms with E-state index in [1.807, 2.05) is 0 Å². The number of carbonyl (C=O) groups excluding carboxylic acids is 1. The summed E-state index contributed by atoms with van der Waals surface area (Å²) in [6.45, 7) is 0.957. The van der Waals surface area contributed by atoms with E-state index in [4.69, 9.17) is 0 Å². The fourth-order valence-electron chi connectivity index (χ4n) is 1.99. The van der Waals surface area contributed by atoms with Crippen LogP contribution in [0.4, 0.5) is 5.69 Å². The first-order chi connectivity index (χ1) is 8.56. The van der Waals surface area contributed by atoms with Crippen molar-refractivity contribution in [3.63, 3.8) is 0 Å². The lowest BCUT2D eigenvalue weighted by molar-refractivity contribution is -0.384. The number of amides is 1. The zero-order valence-corrected chi connectivity index (χ0v) is 9.78. The van der Waals surface area contributed by atoms with Crippen LogP contribution in [0.25, 0.3) is 0 Å². The highest BCUT2D eigenvalue weighted by Crippen LogP contribution is 2.15. The Labute approximate surface area is 104 Å². The predicted molar refractivity (Wildman–Crippen MR) is 64.0 cm³/mol. The molecule has 1 N–H and O–H groups in total. The second-order valence-corrected chi connectivity index (χ2v) is 4.38. The van der Waals surface area contributed by atoms with Gasteiger partial charge in [0.1, 0.15) is 0 Å². The van der Waals surface area contributed by atoms with Crippen LogP contribution in [-0.4, -0.2) is 40.0 Å². The van der Waals surface area contributed by atoms with Gasteiger partial charge in [0.2, 0.25) is 5.91 Å². The molecule has 0 saturated carbocycles. The van der Waals surface area contributed by atoms with Gasteiger partial charge in [0.15, 0.2) is 0 Å². The molecule has 96 valence electrons. The molecule has 0 unspecified atom stereocenters. The van der Waals surface area contributed by atoms with Crippen LogP contribution < -0.4 is 0 Å². The standard InChI is InChI=1S/C12H14N2O4/c15-11-5-6-13(8-11)12(16)7-9-1-3-10(4-2-9)14(17)18/h1-4,11,15H,5-8H2/t11-/m1/s1. The average molecular weight is 250 g/mol. The van der Waals surface area contributed by atoms with E-state index in [1.54, 1.807) is 17.0 Å². The van der Waals surface area contributed by atoms with Gasteiger partial charge in [-0.05, 0) is 12.0 Å². The van der Waals surface area contributed by atoms with Gasteiger partial charge in [-0.15, -0.1) is 0 Å². The summed E-state index contributed by atoms with van der Waals surface area (Å²) < 4.78 is 0. The maximum atomic E-state index is 11.9. The van der Waals surface area contributed by atoms with Crippen molar-refractivity contribution in [2.75, 3.05) is 13.1 Å². The van der Waals surface area contributed by atoms with Gasteiger partial charge in [0.05, 0.1) is 17.4 Å². The van der Waals surface area contributed by atoms with Gasteiger partial charge >= 0.3 is 0 Å². The molecule has 1 amide bonds. The summed E-state index contributed by atoms with van der Waals surface area (Å²) in [5.74, 6) is -0.0552. The third kappa shape index (κ3) is 2.84. The lowest BCUT2D eigenvalue weighted by Crippen LogP contribution is -2.30. The highest BCUT2D eigenvalue weighted by Gasteiger charge is 2.24. The van der Waals surface area contributed by atoms with Crippen LogP contribution in [0.3, 0.4) is 0 Å². The van der Waals surface area contributed by atoms with E-state index in [0.29, 0.717) is 19.5 Å². The lowest BCUT2D eigenvalue weighted by Gasteiger charge is -2.15. The van der Waals surface area contributed by atoms with Gasteiger partial charge in [-0.2, -0.15) is 0 Å². The molecular formula is C12H14N2O4. The topological polar surface area (TPSA) is 83.7 Å². The number of aliphatic hydroxyl groups excluding tert-OH is 1. The minimum Gasteiger partial charge on any atom is -0.391 e. The Morgan fingerprint density at radius 3 is 2.61 bits per heavy atom. The van der Waals surface area contributed by atoms with E-state index < -0.39 is 11.0 Å². The molecule has 0 radical (unpaired) electrons. The summed E-state index contributed by atoms with van der Waals surface area (Å²) in [7, 11) is 0. The zero-order valence-electron chi connectivity index (χ0n) is 9.78. The first-order valence-electron chi connectivity index (χ1n) is 5.75. The summed E-state index contributed by atoms with van der Waals surface area (Å²) >= 11 is 0. The van der Waals surface area contributed by atoms with Gasteiger partial charge in [-0.25, -0.2) is 0 Å². The van der Waals surface area contributed by atoms with Crippen molar-refractivity contribution in [2.45, 2.75) is 18.9 Å². The van der Waals surface area contributed by atoms with Crippen molar-refractivity contribution in [1.82, 2.24) is 4.90 Å². The van der Waals surface area contributed by atoms with Crippen LogP contribution >= 0.6 is 0 Å². The number of nitro groups is 1. The Morgan fingerprint density at radius 2 is 2.11 bits per heavy atom. The molecule has 0 spiro atoms. The van der Waals surface area contributed by atoms with E-state index in [2.05, 4.69) is 0 Å². The van der Waals surface area contributed by atoms with E-state index in [0.717, 1.165) is 5.56 Å². The Balaban J connectivity index is 1.97. The summed E-state index contributed by atoms with van der Waals surface area (Å²) in [5, 5.41) is 19.8. The minimum atomic E-state index is -0.470. The maximum Gasteiger partial charge on any atom is 0.269 e. The van der Waals surface area contributed by atoms with Gasteiger partial charge < -0.3 is 10.0 Å². The molecular weight excluding hydrogens is 236 g/mol. The van der Waals surface area contributed by atoms with Crippen LogP contribution in [0.5, 0.6) is 0 Å². The molecule has 1 saturated heterocycles. The van der Waals surface area contributed by atoms with Crippen LogP contribution in [0.2, 0.25) is 0 Å². The number of hydrogen-bond donors (Lipinski definition) is 1. The Hall–Kier alpha value is -1.95. The Morgan fingerprint density at radius 1 is 1.44 bits per heavy atom. The molecule has 18 heavy (non-hydrogen) atoms. The van der Waals surface area contributed by atoms with Crippen molar-refractivity contribution in [2.24, 2.45) is 0 Å². The molecule has 6 nitrogen and oxygen atoms in total. The second-order valence-electron chi connectivity index (χ2n) is 4.38. The molecule has 0 bridgehead atoms. The van der Waals surface area contributed by atoms with Crippen molar-refractivity contribution < 1.29 is 14.8 Å². The fraction of sp³-hybridized carbons (Fsp3) is 0.417. The molecule has 1 heterocycles. The normalized spacial score (nSPS) is 18.9. The van der Waals surface area contributed by atoms with Gasteiger partial charge in [0.25, 0.3) is 5.69 Å². The third-order valence-electron chi connectivity index (χ3n) is 3.02. The summed E-state index contributed by atoms with van der Waals surface area (Å²) in [6, 6.07) is 5.95. The Kier molecular flexibility index (Phi) is 3.57. The number of aliphatic hydroxyl groups is 1. The van der Waals surface area contributed by atoms with Gasteiger partial charge in [-0.3, -0.25) is 14.9 Å². The van der Waals surface area contributed by atoms with E-state index in [9.17, 15) is 20.0 Å². The molecule has 2 rings (SSSR count). The van der Waals surface area contributed by atoms with Gasteiger partial charge in [-0.1, -0.05) is 12.1 Å². The zero-order chi connectivity index (χ0) is 13.1. The van der Waals surface area contributed by atoms with Gasteiger partial charge in [0, 0.05) is 25.2 Å². The van der Waals surface area contributed by atoms with E-state index >= 15 is 0 Å². The van der Waals surface area contributed by atoms with Crippen molar-refractivity contribution >= 4 is 11.6 Å². The van der Waals surface area contributed by atoms with Crippen LogP contribution in [0, 0.1) is 10.1 Å². The van der Waals surface area contributed by atoms with Crippen molar-refractivity contribution in [1.29, 1.82) is 0 Å². The summed E-state index contributed by atoms with van der Waals surface area (Å²) in [6.07, 6.45) is 0.405. The monoisotopic (exact) mass is 250 g/mol. The highest BCUT2D eigenvalue weighted by atomic mass is 16.6. The lowest BCUT2D eigenvalue weighted by atomic mass is 10.1. The molecule has 1 aliphatic rings. The Bertz CT molecular complexity index is 458. The van der Waals surface area contributed by atoms with Crippen molar-refractivity contribution in [3.8, 4) is 0 Å². The molecule has 0 aliphatic carbocycles. The number of β-amino-alcohol motifs (C(OH)–C–C–N with tert-alkyl or cyclic N) is 1. The van der Waals surface area contributed by atoms with Crippen molar-refractivity contribution in [3.05, 3.63) is 39.9 Å². The molecule has 0 aromatic heterocycles. The molecule has 6 heteroatoms. The second kappa shape index (κ2) is 5.14. The third-order valence-corrected chi connectivity index (χ3v) is 3.02. The predicted octanol–water partition coefficient (Wildman–Crippen LogP) is 0.730. The quantitative estimate of drug-likeness (QED) is 0.633. The van der Waals surface area contributed by atoms with E-state index in [1.165, 1.54) is 12.1 Å². The van der Waals surface area contributed by atoms with Crippen LogP contribution in [0.1, 0.15) is 12.0 Å². The minimum absolute atomic E-state index is 0.0165. The SMILES string of the molecule is O=C(Cc1ccc([N+](=O)[O-])cc1)N1CC[C@@H](O)C1. The molecule has 1 aromatic rings. The van der Waals surface area contributed by atoms with Crippen LogP contribution in [-0.2, 0) is 11.2 Å². The number of non-ortho nitro benzene ring substituents is 1. The highest BCUT2D eigenvalue weighted by molar-refractivity contribution is 5.79. The smallest absolute Gasteiger partial charge is 0.269 e. The number of nitro benzene ring substituents is 1. The molecule has 1 fully saturated rings. The number of nitrogens with zero attached hydrogens (tertiary/aromatic N) is 2. The molecule has 1 aliphatic heterocycles. The first kappa shape index (κ1) is 12.5. The summed E-state index contributed by atoms with van der Waals surface area (Å²) in [5.41, 5.74) is 0.759. The van der Waals surface area contributed by atoms with Crippen LogP contribution in [0.15, 0.2) is 24.3 Å². The maximum absolute atomic E-state index is 11.9. The largest absolute Gasteiger partial charge is 0.391 e. The number of likely N-dealkylation sites (tertiary alicyclic amines) is 1. The van der Waals surface area contributed by atoms with E-state index in [-0.39, 0.29) is 18.0 Å². The molecule has 1 atom stereocenters.